The molecule has 0 saturated heterocycles. The van der Waals surface area contributed by atoms with Gasteiger partial charge in [0.25, 0.3) is 0 Å². The maximum atomic E-state index is 13.6. The van der Waals surface area contributed by atoms with Gasteiger partial charge in [-0.05, 0) is 56.2 Å². The number of carbonyl (C=O) groups excluding carboxylic acids is 2. The van der Waals surface area contributed by atoms with Crippen molar-refractivity contribution in [1.82, 2.24) is 10.2 Å². The minimum Gasteiger partial charge on any atom is -0.352 e. The topological polar surface area (TPSA) is 86.8 Å². The Morgan fingerprint density at radius 2 is 1.76 bits per heavy atom. The molecular weight excluding hydrogens is 565 g/mol. The number of benzene rings is 2. The van der Waals surface area contributed by atoms with Gasteiger partial charge in [-0.1, -0.05) is 58.2 Å². The molecule has 0 saturated carbocycles. The number of halogens is 3. The number of sulfonamides is 1. The molecule has 0 bridgehead atoms. The molecule has 0 spiro atoms. The van der Waals surface area contributed by atoms with Crippen molar-refractivity contribution in [3.05, 3.63) is 62.5 Å². The SMILES string of the molecule is CCC(C(=O)NC(C)C)N(Cc1ccc(Cl)c(Cl)c1)C(=O)CN(c1cccc(Br)c1)S(C)(=O)=O. The normalized spacial score (nSPS) is 12.4. The van der Waals surface area contributed by atoms with Crippen LogP contribution in [0, 0.1) is 0 Å². The quantitative estimate of drug-likeness (QED) is 0.427. The number of anilines is 1. The zero-order valence-corrected chi connectivity index (χ0v) is 23.3. The number of hydrogen-bond acceptors (Lipinski definition) is 4. The molecule has 1 atom stereocenters. The molecule has 2 aromatic rings. The number of nitrogens with one attached hydrogen (secondary N) is 1. The van der Waals surface area contributed by atoms with E-state index in [1.807, 2.05) is 13.8 Å². The summed E-state index contributed by atoms with van der Waals surface area (Å²) in [6.07, 6.45) is 1.37. The average molecular weight is 593 g/mol. The van der Waals surface area contributed by atoms with E-state index in [1.165, 1.54) is 4.90 Å². The molecule has 0 radical (unpaired) electrons. The summed E-state index contributed by atoms with van der Waals surface area (Å²) in [6.45, 7) is 5.03. The minimum absolute atomic E-state index is 0.0514. The van der Waals surface area contributed by atoms with Crippen molar-refractivity contribution < 1.29 is 18.0 Å². The number of hydrogen-bond donors (Lipinski definition) is 1. The van der Waals surface area contributed by atoms with E-state index in [1.54, 1.807) is 49.4 Å². The molecule has 0 heterocycles. The van der Waals surface area contributed by atoms with Crippen LogP contribution < -0.4 is 9.62 Å². The van der Waals surface area contributed by atoms with Crippen LogP contribution >= 0.6 is 39.1 Å². The molecule has 0 aliphatic rings. The summed E-state index contributed by atoms with van der Waals surface area (Å²) >= 11 is 15.5. The molecule has 34 heavy (non-hydrogen) atoms. The van der Waals surface area contributed by atoms with Crippen molar-refractivity contribution in [2.45, 2.75) is 45.8 Å². The lowest BCUT2D eigenvalue weighted by Crippen LogP contribution is -2.53. The molecule has 11 heteroatoms. The molecule has 1 N–H and O–H groups in total. The lowest BCUT2D eigenvalue weighted by atomic mass is 10.1. The van der Waals surface area contributed by atoms with Gasteiger partial charge in [0, 0.05) is 17.1 Å². The second-order valence-electron chi connectivity index (χ2n) is 8.11. The zero-order chi connectivity index (χ0) is 25.6. The number of rotatable bonds is 10. The van der Waals surface area contributed by atoms with Crippen LogP contribution in [0.2, 0.25) is 10.0 Å². The molecule has 2 amide bonds. The Kier molecular flexibility index (Phi) is 10.2. The first-order valence-electron chi connectivity index (χ1n) is 10.6. The summed E-state index contributed by atoms with van der Waals surface area (Å²) in [5, 5.41) is 3.52. The third-order valence-electron chi connectivity index (χ3n) is 4.93. The largest absolute Gasteiger partial charge is 0.352 e. The van der Waals surface area contributed by atoms with Gasteiger partial charge >= 0.3 is 0 Å². The standard InChI is InChI=1S/C23H28BrCl2N3O4S/c1-5-21(23(31)27-15(2)3)28(13-16-9-10-19(25)20(26)11-16)22(30)14-29(34(4,32)33)18-8-6-7-17(24)12-18/h6-12,15,21H,5,13-14H2,1-4H3,(H,27,31). The van der Waals surface area contributed by atoms with E-state index >= 15 is 0 Å². The zero-order valence-electron chi connectivity index (χ0n) is 19.4. The van der Waals surface area contributed by atoms with Crippen molar-refractivity contribution in [1.29, 1.82) is 0 Å². The van der Waals surface area contributed by atoms with Crippen LogP contribution in [0.3, 0.4) is 0 Å². The summed E-state index contributed by atoms with van der Waals surface area (Å²) < 4.78 is 26.9. The Hall–Kier alpha value is -1.81. The second kappa shape index (κ2) is 12.2. The molecule has 7 nitrogen and oxygen atoms in total. The van der Waals surface area contributed by atoms with E-state index < -0.39 is 28.5 Å². The van der Waals surface area contributed by atoms with Gasteiger partial charge in [-0.15, -0.1) is 0 Å². The predicted molar refractivity (Wildman–Crippen MR) is 141 cm³/mol. The van der Waals surface area contributed by atoms with E-state index in [4.69, 9.17) is 23.2 Å². The van der Waals surface area contributed by atoms with Gasteiger partial charge in [-0.25, -0.2) is 8.42 Å². The number of nitrogens with zero attached hydrogens (tertiary/aromatic N) is 2. The summed E-state index contributed by atoms with van der Waals surface area (Å²) in [5.41, 5.74) is 0.992. The van der Waals surface area contributed by atoms with Crippen LogP contribution in [0.15, 0.2) is 46.9 Å². The third kappa shape index (κ3) is 7.86. The van der Waals surface area contributed by atoms with E-state index in [9.17, 15) is 18.0 Å². The predicted octanol–water partition coefficient (Wildman–Crippen LogP) is 4.85. The van der Waals surface area contributed by atoms with Gasteiger partial charge in [0.15, 0.2) is 0 Å². The van der Waals surface area contributed by atoms with Crippen molar-refractivity contribution in [2.24, 2.45) is 0 Å². The van der Waals surface area contributed by atoms with E-state index in [-0.39, 0.29) is 18.5 Å². The van der Waals surface area contributed by atoms with Gasteiger partial charge in [0.05, 0.1) is 22.0 Å². The van der Waals surface area contributed by atoms with Crippen LogP contribution in [0.1, 0.15) is 32.8 Å². The van der Waals surface area contributed by atoms with Crippen LogP contribution in [0.4, 0.5) is 5.69 Å². The van der Waals surface area contributed by atoms with Gasteiger partial charge in [-0.2, -0.15) is 0 Å². The first-order valence-corrected chi connectivity index (χ1v) is 14.0. The number of carbonyl (C=O) groups is 2. The smallest absolute Gasteiger partial charge is 0.244 e. The molecule has 0 aliphatic heterocycles. The molecule has 0 aromatic heterocycles. The van der Waals surface area contributed by atoms with Gasteiger partial charge in [0.2, 0.25) is 21.8 Å². The second-order valence-corrected chi connectivity index (χ2v) is 11.7. The van der Waals surface area contributed by atoms with Crippen LogP contribution in [0.25, 0.3) is 0 Å². The van der Waals surface area contributed by atoms with Crippen molar-refractivity contribution in [3.8, 4) is 0 Å². The van der Waals surface area contributed by atoms with Gasteiger partial charge < -0.3 is 10.2 Å². The van der Waals surface area contributed by atoms with Crippen LogP contribution in [0.5, 0.6) is 0 Å². The maximum Gasteiger partial charge on any atom is 0.244 e. The lowest BCUT2D eigenvalue weighted by Gasteiger charge is -2.33. The van der Waals surface area contributed by atoms with Crippen LogP contribution in [-0.4, -0.2) is 50.0 Å². The lowest BCUT2D eigenvalue weighted by molar-refractivity contribution is -0.140. The highest BCUT2D eigenvalue weighted by molar-refractivity contribution is 9.10. The van der Waals surface area contributed by atoms with Crippen molar-refractivity contribution in [3.63, 3.8) is 0 Å². The Morgan fingerprint density at radius 1 is 1.09 bits per heavy atom. The summed E-state index contributed by atoms with van der Waals surface area (Å²) in [4.78, 5) is 27.9. The Morgan fingerprint density at radius 3 is 2.29 bits per heavy atom. The number of amides is 2. The minimum atomic E-state index is -3.79. The summed E-state index contributed by atoms with van der Waals surface area (Å²) in [7, 11) is -3.79. The summed E-state index contributed by atoms with van der Waals surface area (Å²) in [5.74, 6) is -0.846. The average Bonchev–Trinajstić information content (AvgIpc) is 2.72. The fourth-order valence-electron chi connectivity index (χ4n) is 3.38. The monoisotopic (exact) mass is 591 g/mol. The molecule has 0 aliphatic carbocycles. The highest BCUT2D eigenvalue weighted by Gasteiger charge is 2.32. The van der Waals surface area contributed by atoms with E-state index in [0.717, 1.165) is 10.6 Å². The van der Waals surface area contributed by atoms with Gasteiger partial charge in [-0.3, -0.25) is 13.9 Å². The Balaban J connectivity index is 2.46. The maximum absolute atomic E-state index is 13.6. The molecule has 1 unspecified atom stereocenters. The fraction of sp³-hybridized carbons (Fsp3) is 0.391. The van der Waals surface area contributed by atoms with Crippen LogP contribution in [-0.2, 0) is 26.2 Å². The van der Waals surface area contributed by atoms with Gasteiger partial charge in [0.1, 0.15) is 12.6 Å². The molecule has 0 fully saturated rings. The summed E-state index contributed by atoms with van der Waals surface area (Å²) in [6, 6.07) is 10.7. The van der Waals surface area contributed by atoms with Crippen molar-refractivity contribution in [2.75, 3.05) is 17.1 Å². The van der Waals surface area contributed by atoms with E-state index in [0.29, 0.717) is 32.2 Å². The third-order valence-corrected chi connectivity index (χ3v) is 7.30. The Labute approximate surface area is 219 Å². The molecule has 2 rings (SSSR count). The highest BCUT2D eigenvalue weighted by atomic mass is 79.9. The highest BCUT2D eigenvalue weighted by Crippen LogP contribution is 2.25. The first-order chi connectivity index (χ1) is 15.8. The van der Waals surface area contributed by atoms with Crippen molar-refractivity contribution >= 4 is 66.7 Å². The molecule has 2 aromatic carbocycles. The fourth-order valence-corrected chi connectivity index (χ4v) is 4.93. The molecular formula is C23H28BrCl2N3O4S. The Bertz CT molecular complexity index is 1140. The molecule has 186 valence electrons. The first kappa shape index (κ1) is 28.4. The van der Waals surface area contributed by atoms with E-state index in [2.05, 4.69) is 21.2 Å².